The van der Waals surface area contributed by atoms with Crippen LogP contribution in [0.5, 0.6) is 0 Å². The summed E-state index contributed by atoms with van der Waals surface area (Å²) in [6, 6.07) is -0.691. The number of rotatable bonds is 47. The fourth-order valence-corrected chi connectivity index (χ4v) is 8.26. The summed E-state index contributed by atoms with van der Waals surface area (Å²) in [6.07, 6.45) is 48.7. The molecule has 0 saturated heterocycles. The molecule has 3 N–H and O–H groups in total. The van der Waals surface area contributed by atoms with Crippen molar-refractivity contribution in [1.82, 2.24) is 5.32 Å². The lowest BCUT2D eigenvalue weighted by Gasteiger charge is -2.24. The van der Waals surface area contributed by atoms with Gasteiger partial charge >= 0.3 is 5.97 Å². The SMILES string of the molecule is CCCCCCCCCCCCCCCCCC(O)C(CO)NC(=O)CC(CCCCCCCCCCCCCC)OC(=O)CCCCCCCCCCCCC. The molecule has 1 amide bonds. The van der Waals surface area contributed by atoms with Crippen molar-refractivity contribution in [2.45, 2.75) is 309 Å². The van der Waals surface area contributed by atoms with Crippen LogP contribution < -0.4 is 5.32 Å². The number of hydrogen-bond acceptors (Lipinski definition) is 5. The zero-order valence-electron chi connectivity index (χ0n) is 38.8. The smallest absolute Gasteiger partial charge is 0.306 e. The summed E-state index contributed by atoms with van der Waals surface area (Å²) in [5.41, 5.74) is 0. The molecule has 0 aliphatic heterocycles. The van der Waals surface area contributed by atoms with Crippen molar-refractivity contribution in [3.8, 4) is 0 Å². The van der Waals surface area contributed by atoms with Crippen molar-refractivity contribution < 1.29 is 24.5 Å². The minimum atomic E-state index is -0.778. The minimum Gasteiger partial charge on any atom is -0.462 e. The van der Waals surface area contributed by atoms with Gasteiger partial charge in [-0.05, 0) is 25.7 Å². The molecule has 0 aromatic carbocycles. The van der Waals surface area contributed by atoms with Crippen LogP contribution in [0.4, 0.5) is 0 Å². The Morgan fingerprint density at radius 2 is 0.737 bits per heavy atom. The fourth-order valence-electron chi connectivity index (χ4n) is 8.26. The third kappa shape index (κ3) is 41.4. The monoisotopic (exact) mass is 808 g/mol. The molecular formula is C51H101NO5. The third-order valence-corrected chi connectivity index (χ3v) is 12.2. The van der Waals surface area contributed by atoms with Gasteiger partial charge in [0.2, 0.25) is 5.91 Å². The van der Waals surface area contributed by atoms with Crippen LogP contribution in [-0.4, -0.2) is 46.9 Å². The zero-order chi connectivity index (χ0) is 41.7. The van der Waals surface area contributed by atoms with Gasteiger partial charge in [-0.2, -0.15) is 0 Å². The molecule has 3 unspecified atom stereocenters. The molecule has 0 bridgehead atoms. The Balaban J connectivity index is 4.47. The summed E-state index contributed by atoms with van der Waals surface area (Å²) in [4.78, 5) is 26.1. The summed E-state index contributed by atoms with van der Waals surface area (Å²) < 4.78 is 5.92. The highest BCUT2D eigenvalue weighted by atomic mass is 16.5. The lowest BCUT2D eigenvalue weighted by atomic mass is 10.0. The van der Waals surface area contributed by atoms with E-state index in [1.807, 2.05) is 0 Å². The molecular weight excluding hydrogens is 707 g/mol. The Morgan fingerprint density at radius 1 is 0.439 bits per heavy atom. The average molecular weight is 808 g/mol. The molecule has 0 aliphatic carbocycles. The Hall–Kier alpha value is -1.14. The van der Waals surface area contributed by atoms with Crippen molar-refractivity contribution in [3.63, 3.8) is 0 Å². The fraction of sp³-hybridized carbons (Fsp3) is 0.961. The highest BCUT2D eigenvalue weighted by Crippen LogP contribution is 2.19. The molecule has 6 heteroatoms. The van der Waals surface area contributed by atoms with Crippen molar-refractivity contribution in [2.75, 3.05) is 6.61 Å². The van der Waals surface area contributed by atoms with Crippen LogP contribution in [0, 0.1) is 0 Å². The van der Waals surface area contributed by atoms with Crippen molar-refractivity contribution in [1.29, 1.82) is 0 Å². The van der Waals surface area contributed by atoms with E-state index in [-0.39, 0.29) is 24.9 Å². The maximum atomic E-state index is 13.2. The Morgan fingerprint density at radius 3 is 1.07 bits per heavy atom. The van der Waals surface area contributed by atoms with Gasteiger partial charge in [-0.25, -0.2) is 0 Å². The van der Waals surface area contributed by atoms with E-state index in [0.29, 0.717) is 19.3 Å². The van der Waals surface area contributed by atoms with Crippen molar-refractivity contribution >= 4 is 11.9 Å². The van der Waals surface area contributed by atoms with Crippen LogP contribution in [-0.2, 0) is 14.3 Å². The minimum absolute atomic E-state index is 0.0875. The van der Waals surface area contributed by atoms with E-state index in [0.717, 1.165) is 44.9 Å². The normalized spacial score (nSPS) is 13.1. The summed E-state index contributed by atoms with van der Waals surface area (Å²) in [6.45, 7) is 6.50. The van der Waals surface area contributed by atoms with Gasteiger partial charge in [0.05, 0.1) is 25.2 Å². The summed E-state index contributed by atoms with van der Waals surface area (Å²) in [5, 5.41) is 23.8. The largest absolute Gasteiger partial charge is 0.462 e. The number of aliphatic hydroxyl groups excluding tert-OH is 2. The number of unbranched alkanes of at least 4 members (excludes halogenated alkanes) is 35. The van der Waals surface area contributed by atoms with Gasteiger partial charge in [-0.15, -0.1) is 0 Å². The van der Waals surface area contributed by atoms with Crippen LogP contribution >= 0.6 is 0 Å². The van der Waals surface area contributed by atoms with E-state index >= 15 is 0 Å². The molecule has 6 nitrogen and oxygen atoms in total. The molecule has 0 aromatic rings. The molecule has 0 aromatic heterocycles. The quantitative estimate of drug-likeness (QED) is 0.0420. The highest BCUT2D eigenvalue weighted by Gasteiger charge is 2.24. The van der Waals surface area contributed by atoms with Gasteiger partial charge < -0.3 is 20.3 Å². The topological polar surface area (TPSA) is 95.9 Å². The van der Waals surface area contributed by atoms with Gasteiger partial charge in [0.25, 0.3) is 0 Å². The predicted molar refractivity (Wildman–Crippen MR) is 246 cm³/mol. The molecule has 340 valence electrons. The van der Waals surface area contributed by atoms with Gasteiger partial charge in [-0.3, -0.25) is 9.59 Å². The van der Waals surface area contributed by atoms with Crippen molar-refractivity contribution in [2.24, 2.45) is 0 Å². The summed E-state index contributed by atoms with van der Waals surface area (Å²) in [5.74, 6) is -0.453. The first-order chi connectivity index (χ1) is 28.0. The second-order valence-corrected chi connectivity index (χ2v) is 17.9. The highest BCUT2D eigenvalue weighted by molar-refractivity contribution is 5.77. The molecule has 57 heavy (non-hydrogen) atoms. The van der Waals surface area contributed by atoms with Crippen LogP contribution in [0.3, 0.4) is 0 Å². The first-order valence-electron chi connectivity index (χ1n) is 25.8. The predicted octanol–water partition coefficient (Wildman–Crippen LogP) is 15.2. The third-order valence-electron chi connectivity index (χ3n) is 12.2. The van der Waals surface area contributed by atoms with Crippen molar-refractivity contribution in [3.05, 3.63) is 0 Å². The molecule has 0 fully saturated rings. The van der Waals surface area contributed by atoms with E-state index in [1.165, 1.54) is 199 Å². The molecule has 0 spiro atoms. The number of esters is 1. The second-order valence-electron chi connectivity index (χ2n) is 17.9. The van der Waals surface area contributed by atoms with E-state index in [4.69, 9.17) is 4.74 Å². The second kappa shape index (κ2) is 45.9. The van der Waals surface area contributed by atoms with Gasteiger partial charge in [-0.1, -0.05) is 252 Å². The van der Waals surface area contributed by atoms with E-state index in [1.54, 1.807) is 0 Å². The number of ether oxygens (including phenoxy) is 1. The van der Waals surface area contributed by atoms with E-state index in [9.17, 15) is 19.8 Å². The number of carbonyl (C=O) groups is 2. The molecule has 0 saturated carbocycles. The zero-order valence-corrected chi connectivity index (χ0v) is 38.8. The lowest BCUT2D eigenvalue weighted by Crippen LogP contribution is -2.46. The van der Waals surface area contributed by atoms with Crippen LogP contribution in [0.25, 0.3) is 0 Å². The molecule has 0 rings (SSSR count). The number of nitrogens with one attached hydrogen (secondary N) is 1. The van der Waals surface area contributed by atoms with Crippen LogP contribution in [0.1, 0.15) is 290 Å². The Kier molecular flexibility index (Phi) is 45.0. The van der Waals surface area contributed by atoms with Gasteiger partial charge in [0.15, 0.2) is 0 Å². The van der Waals surface area contributed by atoms with Crippen LogP contribution in [0.15, 0.2) is 0 Å². The van der Waals surface area contributed by atoms with Crippen LogP contribution in [0.2, 0.25) is 0 Å². The van der Waals surface area contributed by atoms with Gasteiger partial charge in [0, 0.05) is 6.42 Å². The van der Waals surface area contributed by atoms with E-state index in [2.05, 4.69) is 26.1 Å². The van der Waals surface area contributed by atoms with E-state index < -0.39 is 18.2 Å². The Labute approximate surface area is 356 Å². The number of aliphatic hydroxyl groups is 2. The molecule has 3 atom stereocenters. The molecule has 0 aliphatic rings. The Bertz CT molecular complexity index is 821. The first-order valence-corrected chi connectivity index (χ1v) is 25.8. The molecule has 0 radical (unpaired) electrons. The number of carbonyl (C=O) groups excluding carboxylic acids is 2. The maximum Gasteiger partial charge on any atom is 0.306 e. The average Bonchev–Trinajstić information content (AvgIpc) is 3.20. The molecule has 0 heterocycles. The number of hydrogen-bond donors (Lipinski definition) is 3. The summed E-state index contributed by atoms with van der Waals surface area (Å²) >= 11 is 0. The number of amides is 1. The lowest BCUT2D eigenvalue weighted by molar-refractivity contribution is -0.151. The van der Waals surface area contributed by atoms with Gasteiger partial charge in [0.1, 0.15) is 6.10 Å². The first kappa shape index (κ1) is 55.9. The summed E-state index contributed by atoms with van der Waals surface area (Å²) in [7, 11) is 0. The maximum absolute atomic E-state index is 13.2. The standard InChI is InChI=1S/C51H101NO5/c1-4-7-10-13-16-19-22-24-25-26-29-31-34-37-40-43-49(54)48(46-53)52-50(55)45-47(42-39-36-33-30-28-23-20-17-14-11-8-5-2)57-51(56)44-41-38-35-32-27-21-18-15-12-9-6-3/h47-49,53-54H,4-46H2,1-3H3,(H,52,55).